The molecule has 8 heteroatoms. The fraction of sp³-hybridized carbons (Fsp3) is 0.333. The summed E-state index contributed by atoms with van der Waals surface area (Å²) in [4.78, 5) is 15.0. The quantitative estimate of drug-likeness (QED) is 0.925. The maximum Gasteiger partial charge on any atom is 0.471 e. The number of benzene rings is 1. The molecule has 1 N–H and O–H groups in total. The van der Waals surface area contributed by atoms with Gasteiger partial charge in [-0.15, -0.1) is 0 Å². The zero-order chi connectivity index (χ0) is 14.8. The second-order valence-electron chi connectivity index (χ2n) is 3.90. The van der Waals surface area contributed by atoms with E-state index in [1.165, 1.54) is 25.3 Å². The number of rotatable bonds is 3. The first kappa shape index (κ1) is 14.2. The molecule has 1 heterocycles. The number of carbonyl (C=O) groups excluding carboxylic acids is 1. The minimum atomic E-state index is -4.96. The van der Waals surface area contributed by atoms with E-state index in [4.69, 9.17) is 9.47 Å². The second kappa shape index (κ2) is 5.40. The third kappa shape index (κ3) is 3.01. The van der Waals surface area contributed by atoms with Crippen molar-refractivity contribution in [2.45, 2.75) is 6.18 Å². The van der Waals surface area contributed by atoms with E-state index in [-0.39, 0.29) is 17.1 Å². The average Bonchev–Trinajstić information content (AvgIpc) is 2.91. The molecule has 2 rings (SSSR count). The zero-order valence-corrected chi connectivity index (χ0v) is 10.5. The summed E-state index contributed by atoms with van der Waals surface area (Å²) < 4.78 is 47.1. The zero-order valence-electron chi connectivity index (χ0n) is 10.5. The van der Waals surface area contributed by atoms with Crippen LogP contribution in [0.15, 0.2) is 23.2 Å². The number of methoxy groups -OCH3 is 1. The first-order valence-electron chi connectivity index (χ1n) is 5.65. The van der Waals surface area contributed by atoms with E-state index in [0.29, 0.717) is 18.9 Å². The number of alkyl halides is 3. The smallest absolute Gasteiger partial charge is 0.471 e. The van der Waals surface area contributed by atoms with Gasteiger partial charge in [-0.1, -0.05) is 0 Å². The lowest BCUT2D eigenvalue weighted by atomic mass is 10.1. The van der Waals surface area contributed by atoms with Gasteiger partial charge in [0.2, 0.25) is 5.90 Å². The van der Waals surface area contributed by atoms with Crippen LogP contribution >= 0.6 is 0 Å². The largest absolute Gasteiger partial charge is 0.497 e. The Kier molecular flexibility index (Phi) is 3.82. The maximum absolute atomic E-state index is 12.3. The van der Waals surface area contributed by atoms with Crippen LogP contribution in [-0.4, -0.2) is 38.2 Å². The van der Waals surface area contributed by atoms with E-state index in [9.17, 15) is 18.0 Å². The predicted molar refractivity (Wildman–Crippen MR) is 65.0 cm³/mol. The van der Waals surface area contributed by atoms with Crippen molar-refractivity contribution in [3.8, 4) is 5.75 Å². The molecule has 0 fully saturated rings. The molecule has 1 aliphatic rings. The molecule has 0 radical (unpaired) electrons. The maximum atomic E-state index is 12.3. The monoisotopic (exact) mass is 288 g/mol. The Morgan fingerprint density at radius 3 is 2.75 bits per heavy atom. The molecular weight excluding hydrogens is 277 g/mol. The summed E-state index contributed by atoms with van der Waals surface area (Å²) in [6.07, 6.45) is -4.96. The molecule has 20 heavy (non-hydrogen) atoms. The molecule has 1 aromatic carbocycles. The molecule has 0 saturated carbocycles. The Balaban J connectivity index is 2.34. The lowest BCUT2D eigenvalue weighted by Gasteiger charge is -2.13. The highest BCUT2D eigenvalue weighted by Gasteiger charge is 2.39. The van der Waals surface area contributed by atoms with Crippen molar-refractivity contribution in [2.75, 3.05) is 25.6 Å². The molecule has 5 nitrogen and oxygen atoms in total. The number of hydrogen-bond donors (Lipinski definition) is 1. The van der Waals surface area contributed by atoms with Crippen molar-refractivity contribution in [3.63, 3.8) is 0 Å². The van der Waals surface area contributed by atoms with Crippen molar-refractivity contribution in [1.82, 2.24) is 0 Å². The Hall–Kier alpha value is -2.25. The van der Waals surface area contributed by atoms with E-state index in [1.807, 2.05) is 0 Å². The molecule has 0 saturated heterocycles. The van der Waals surface area contributed by atoms with Crippen LogP contribution in [0.4, 0.5) is 18.9 Å². The third-order valence-electron chi connectivity index (χ3n) is 2.55. The number of halogens is 3. The molecular formula is C12H11F3N2O3. The Labute approximate surface area is 112 Å². The molecule has 0 aromatic heterocycles. The fourth-order valence-electron chi connectivity index (χ4n) is 1.63. The summed E-state index contributed by atoms with van der Waals surface area (Å²) in [5, 5.41) is 1.80. The van der Waals surface area contributed by atoms with Gasteiger partial charge >= 0.3 is 12.1 Å². The van der Waals surface area contributed by atoms with Crippen LogP contribution in [0.3, 0.4) is 0 Å². The molecule has 0 bridgehead atoms. The van der Waals surface area contributed by atoms with Gasteiger partial charge in [0.25, 0.3) is 0 Å². The van der Waals surface area contributed by atoms with Crippen molar-refractivity contribution < 1.29 is 27.4 Å². The highest BCUT2D eigenvalue weighted by Crippen LogP contribution is 2.26. The van der Waals surface area contributed by atoms with Crippen LogP contribution in [0.5, 0.6) is 5.75 Å². The van der Waals surface area contributed by atoms with Gasteiger partial charge in [-0.2, -0.15) is 13.2 Å². The van der Waals surface area contributed by atoms with Crippen LogP contribution < -0.4 is 10.1 Å². The van der Waals surface area contributed by atoms with Crippen molar-refractivity contribution in [2.24, 2.45) is 4.99 Å². The number of anilines is 1. The van der Waals surface area contributed by atoms with Gasteiger partial charge in [0.15, 0.2) is 0 Å². The number of amides is 1. The van der Waals surface area contributed by atoms with Crippen LogP contribution in [0.1, 0.15) is 5.56 Å². The summed E-state index contributed by atoms with van der Waals surface area (Å²) in [6, 6.07) is 4.20. The number of carbonyl (C=O) groups is 1. The van der Waals surface area contributed by atoms with E-state index in [1.54, 1.807) is 5.32 Å². The molecule has 0 atom stereocenters. The van der Waals surface area contributed by atoms with Crippen molar-refractivity contribution in [3.05, 3.63) is 23.8 Å². The van der Waals surface area contributed by atoms with Crippen LogP contribution in [-0.2, 0) is 9.53 Å². The van der Waals surface area contributed by atoms with E-state index >= 15 is 0 Å². The number of hydrogen-bond acceptors (Lipinski definition) is 4. The highest BCUT2D eigenvalue weighted by molar-refractivity contribution is 6.05. The van der Waals surface area contributed by atoms with Gasteiger partial charge in [0.05, 0.1) is 24.9 Å². The summed E-state index contributed by atoms with van der Waals surface area (Å²) in [7, 11) is 1.42. The molecule has 1 aliphatic heterocycles. The molecule has 0 spiro atoms. The summed E-state index contributed by atoms with van der Waals surface area (Å²) in [5.74, 6) is -1.45. The predicted octanol–water partition coefficient (Wildman–Crippen LogP) is 1.97. The highest BCUT2D eigenvalue weighted by atomic mass is 19.4. The minimum Gasteiger partial charge on any atom is -0.497 e. The first-order valence-corrected chi connectivity index (χ1v) is 5.65. The molecule has 0 unspecified atom stereocenters. The normalized spacial score (nSPS) is 14.5. The molecule has 0 aliphatic carbocycles. The second-order valence-corrected chi connectivity index (χ2v) is 3.90. The van der Waals surface area contributed by atoms with Gasteiger partial charge in [0.1, 0.15) is 12.4 Å². The van der Waals surface area contributed by atoms with Gasteiger partial charge < -0.3 is 14.8 Å². The van der Waals surface area contributed by atoms with E-state index < -0.39 is 12.1 Å². The SMILES string of the molecule is COc1ccc(NC(=O)C(F)(F)F)c(C2=NCCO2)c1. The Morgan fingerprint density at radius 1 is 1.45 bits per heavy atom. The number of aliphatic imine (C=N–C) groups is 1. The topological polar surface area (TPSA) is 59.9 Å². The Bertz CT molecular complexity index is 555. The van der Waals surface area contributed by atoms with Gasteiger partial charge in [0, 0.05) is 0 Å². The lowest BCUT2D eigenvalue weighted by molar-refractivity contribution is -0.167. The lowest BCUT2D eigenvalue weighted by Crippen LogP contribution is -2.30. The average molecular weight is 288 g/mol. The van der Waals surface area contributed by atoms with Crippen LogP contribution in [0.2, 0.25) is 0 Å². The van der Waals surface area contributed by atoms with Gasteiger partial charge in [-0.3, -0.25) is 4.79 Å². The molecule has 1 aromatic rings. The number of nitrogens with one attached hydrogen (secondary N) is 1. The Morgan fingerprint density at radius 2 is 2.20 bits per heavy atom. The summed E-state index contributed by atoms with van der Waals surface area (Å²) in [5.41, 5.74) is 0.216. The fourth-order valence-corrected chi connectivity index (χ4v) is 1.63. The van der Waals surface area contributed by atoms with Crippen LogP contribution in [0, 0.1) is 0 Å². The first-order chi connectivity index (χ1) is 9.41. The van der Waals surface area contributed by atoms with E-state index in [0.717, 1.165) is 0 Å². The van der Waals surface area contributed by atoms with Gasteiger partial charge in [-0.05, 0) is 18.2 Å². The van der Waals surface area contributed by atoms with Crippen molar-refractivity contribution in [1.29, 1.82) is 0 Å². The summed E-state index contributed by atoms with van der Waals surface area (Å²) in [6.45, 7) is 0.762. The van der Waals surface area contributed by atoms with Gasteiger partial charge in [-0.25, -0.2) is 4.99 Å². The van der Waals surface area contributed by atoms with Crippen LogP contribution in [0.25, 0.3) is 0 Å². The third-order valence-corrected chi connectivity index (χ3v) is 2.55. The van der Waals surface area contributed by atoms with Crippen molar-refractivity contribution >= 4 is 17.5 Å². The standard InChI is InChI=1S/C12H11F3N2O3/c1-19-7-2-3-9(17-11(18)12(13,14)15)8(6-7)10-16-4-5-20-10/h2-3,6H,4-5H2,1H3,(H,17,18). The number of nitrogens with zero attached hydrogens (tertiary/aromatic N) is 1. The number of ether oxygens (including phenoxy) is 2. The molecule has 1 amide bonds. The summed E-state index contributed by atoms with van der Waals surface area (Å²) >= 11 is 0. The van der Waals surface area contributed by atoms with E-state index in [2.05, 4.69) is 4.99 Å². The molecule has 108 valence electrons. The minimum absolute atomic E-state index is 0.0335.